The SMILES string of the molecule is CC(=O)O[C@H]1CC[C@]2(C)[C@H]3C=C[C@]45OC[C@@]6(CCC(C)(C)C[C@H]64)[C@@H](OC(C)=O)C[C@@]5(C)[C@]3(C)CC[C@H]2C1(C)C. The molecule has 1 aliphatic heterocycles. The summed E-state index contributed by atoms with van der Waals surface area (Å²) in [5.41, 5.74) is -0.272. The lowest BCUT2D eigenvalue weighted by Crippen LogP contribution is -2.72. The first kappa shape index (κ1) is 27.8. The van der Waals surface area contributed by atoms with Crippen molar-refractivity contribution in [2.24, 2.45) is 50.2 Å². The first-order valence-electron chi connectivity index (χ1n) is 15.7. The van der Waals surface area contributed by atoms with Crippen LogP contribution in [0.5, 0.6) is 0 Å². The molecule has 5 fully saturated rings. The molecule has 5 aliphatic carbocycles. The van der Waals surface area contributed by atoms with Crippen LogP contribution in [-0.4, -0.2) is 36.4 Å². The zero-order chi connectivity index (χ0) is 28.4. The second kappa shape index (κ2) is 8.13. The first-order valence-corrected chi connectivity index (χ1v) is 15.7. The Kier molecular flexibility index (Phi) is 5.80. The summed E-state index contributed by atoms with van der Waals surface area (Å²) >= 11 is 0. The molecule has 218 valence electrons. The summed E-state index contributed by atoms with van der Waals surface area (Å²) in [6.07, 6.45) is 13.4. The average Bonchev–Trinajstić information content (AvgIpc) is 3.07. The van der Waals surface area contributed by atoms with Gasteiger partial charge in [-0.1, -0.05) is 60.6 Å². The summed E-state index contributed by atoms with van der Waals surface area (Å²) in [5, 5.41) is 0. The third kappa shape index (κ3) is 3.35. The third-order valence-electron chi connectivity index (χ3n) is 14.1. The lowest BCUT2D eigenvalue weighted by Gasteiger charge is -2.73. The van der Waals surface area contributed by atoms with Gasteiger partial charge in [0, 0.05) is 36.0 Å². The van der Waals surface area contributed by atoms with Crippen LogP contribution < -0.4 is 0 Å². The number of fused-ring (bicyclic) bond motifs is 4. The van der Waals surface area contributed by atoms with Crippen LogP contribution >= 0.6 is 0 Å². The van der Waals surface area contributed by atoms with Crippen molar-refractivity contribution in [1.82, 2.24) is 0 Å². The Morgan fingerprint density at radius 2 is 1.46 bits per heavy atom. The number of allylic oxidation sites excluding steroid dienone is 1. The molecular weight excluding hydrogens is 488 g/mol. The highest BCUT2D eigenvalue weighted by Gasteiger charge is 2.79. The quantitative estimate of drug-likeness (QED) is 0.272. The maximum atomic E-state index is 12.5. The van der Waals surface area contributed by atoms with Gasteiger partial charge in [0.25, 0.3) is 0 Å². The Hall–Kier alpha value is -1.36. The number of esters is 2. The summed E-state index contributed by atoms with van der Waals surface area (Å²) < 4.78 is 19.4. The van der Waals surface area contributed by atoms with Gasteiger partial charge in [-0.05, 0) is 79.4 Å². The molecule has 4 saturated carbocycles. The van der Waals surface area contributed by atoms with E-state index in [-0.39, 0.29) is 62.2 Å². The molecule has 0 aromatic heterocycles. The van der Waals surface area contributed by atoms with Crippen LogP contribution in [0.2, 0.25) is 0 Å². The summed E-state index contributed by atoms with van der Waals surface area (Å²) in [5.74, 6) is 0.889. The minimum absolute atomic E-state index is 0.00778. The molecule has 0 aromatic rings. The monoisotopic (exact) mass is 540 g/mol. The van der Waals surface area contributed by atoms with E-state index in [1.165, 1.54) is 0 Å². The van der Waals surface area contributed by atoms with Gasteiger partial charge in [-0.25, -0.2) is 0 Å². The topological polar surface area (TPSA) is 61.8 Å². The van der Waals surface area contributed by atoms with E-state index in [9.17, 15) is 9.59 Å². The van der Waals surface area contributed by atoms with E-state index >= 15 is 0 Å². The molecule has 0 amide bonds. The van der Waals surface area contributed by atoms with Crippen LogP contribution in [0, 0.1) is 50.2 Å². The van der Waals surface area contributed by atoms with E-state index in [1.807, 2.05) is 0 Å². The maximum Gasteiger partial charge on any atom is 0.302 e. The van der Waals surface area contributed by atoms with E-state index in [4.69, 9.17) is 14.2 Å². The van der Waals surface area contributed by atoms with Gasteiger partial charge in [0.1, 0.15) is 12.2 Å². The van der Waals surface area contributed by atoms with Gasteiger partial charge in [0.05, 0.1) is 12.2 Å². The van der Waals surface area contributed by atoms with Gasteiger partial charge in [0.2, 0.25) is 0 Å². The van der Waals surface area contributed by atoms with Crippen molar-refractivity contribution < 1.29 is 23.8 Å². The van der Waals surface area contributed by atoms with E-state index < -0.39 is 0 Å². The predicted molar refractivity (Wildman–Crippen MR) is 151 cm³/mol. The molecule has 6 aliphatic rings. The van der Waals surface area contributed by atoms with E-state index in [2.05, 4.69) is 60.6 Å². The molecule has 2 bridgehead atoms. The fourth-order valence-corrected chi connectivity index (χ4v) is 12.0. The van der Waals surface area contributed by atoms with Crippen LogP contribution in [0.4, 0.5) is 0 Å². The second-order valence-electron chi connectivity index (χ2n) is 16.7. The largest absolute Gasteiger partial charge is 0.462 e. The molecule has 10 atom stereocenters. The molecule has 0 aromatic carbocycles. The maximum absolute atomic E-state index is 12.5. The smallest absolute Gasteiger partial charge is 0.302 e. The summed E-state index contributed by atoms with van der Waals surface area (Å²) in [6.45, 7) is 20.9. The highest BCUT2D eigenvalue weighted by molar-refractivity contribution is 5.66. The van der Waals surface area contributed by atoms with Gasteiger partial charge in [-0.3, -0.25) is 9.59 Å². The van der Waals surface area contributed by atoms with Crippen molar-refractivity contribution in [3.05, 3.63) is 12.2 Å². The number of hydrogen-bond donors (Lipinski definition) is 0. The van der Waals surface area contributed by atoms with Crippen LogP contribution in [0.1, 0.15) is 114 Å². The average molecular weight is 541 g/mol. The molecule has 1 spiro atoms. The molecule has 5 heteroatoms. The Bertz CT molecular complexity index is 1110. The highest BCUT2D eigenvalue weighted by Crippen LogP contribution is 2.79. The fourth-order valence-electron chi connectivity index (χ4n) is 12.0. The fraction of sp³-hybridized carbons (Fsp3) is 0.882. The molecule has 1 saturated heterocycles. The van der Waals surface area contributed by atoms with Gasteiger partial charge in [-0.2, -0.15) is 0 Å². The standard InChI is InChI=1S/C34H52O5/c1-21(35)38-26-12-13-30(7)23(29(26,5)6)10-14-31(8)24(30)11-15-34-25-18-28(3,4)16-17-33(25,20-37-34)27(39-22(2)36)19-32(31,34)9/h11,15,23-27H,10,12-14,16-20H2,1-9H3/t23-,24+,25+,26-,27-,30-,31+,32-,33+,34-/m0/s1. The number of hydrogen-bond acceptors (Lipinski definition) is 5. The third-order valence-corrected chi connectivity index (χ3v) is 14.1. The number of ether oxygens (including phenoxy) is 3. The highest BCUT2D eigenvalue weighted by atomic mass is 16.6. The van der Waals surface area contributed by atoms with Crippen molar-refractivity contribution in [3.8, 4) is 0 Å². The number of rotatable bonds is 2. The van der Waals surface area contributed by atoms with Crippen LogP contribution in [0.15, 0.2) is 12.2 Å². The summed E-state index contributed by atoms with van der Waals surface area (Å²) in [6, 6.07) is 0. The molecule has 5 nitrogen and oxygen atoms in total. The van der Waals surface area contributed by atoms with Crippen molar-refractivity contribution in [3.63, 3.8) is 0 Å². The number of carbonyl (C=O) groups excluding carboxylic acids is 2. The molecular formula is C34H52O5. The Balaban J connectivity index is 1.46. The van der Waals surface area contributed by atoms with Crippen LogP contribution in [-0.2, 0) is 23.8 Å². The van der Waals surface area contributed by atoms with Gasteiger partial charge in [-0.15, -0.1) is 0 Å². The minimum Gasteiger partial charge on any atom is -0.462 e. The van der Waals surface area contributed by atoms with Crippen molar-refractivity contribution in [2.45, 2.75) is 131 Å². The molecule has 0 radical (unpaired) electrons. The summed E-state index contributed by atoms with van der Waals surface area (Å²) in [4.78, 5) is 24.5. The minimum atomic E-state index is -0.319. The van der Waals surface area contributed by atoms with Crippen molar-refractivity contribution in [1.29, 1.82) is 0 Å². The zero-order valence-electron chi connectivity index (χ0n) is 25.9. The number of carbonyl (C=O) groups is 2. The van der Waals surface area contributed by atoms with E-state index in [1.54, 1.807) is 13.8 Å². The second-order valence-corrected chi connectivity index (χ2v) is 16.7. The molecule has 0 unspecified atom stereocenters. The van der Waals surface area contributed by atoms with Crippen molar-refractivity contribution in [2.75, 3.05) is 6.61 Å². The van der Waals surface area contributed by atoms with Gasteiger partial charge >= 0.3 is 11.9 Å². The lowest BCUT2D eigenvalue weighted by molar-refractivity contribution is -0.259. The zero-order valence-corrected chi connectivity index (χ0v) is 25.9. The Morgan fingerprint density at radius 3 is 2.13 bits per heavy atom. The normalized spacial score (nSPS) is 52.5. The van der Waals surface area contributed by atoms with E-state index in [0.717, 1.165) is 51.4 Å². The van der Waals surface area contributed by atoms with Gasteiger partial charge in [0.15, 0.2) is 0 Å². The molecule has 6 rings (SSSR count). The first-order chi connectivity index (χ1) is 18.0. The van der Waals surface area contributed by atoms with Crippen LogP contribution in [0.25, 0.3) is 0 Å². The molecule has 1 heterocycles. The predicted octanol–water partition coefficient (Wildman–Crippen LogP) is 7.27. The van der Waals surface area contributed by atoms with Gasteiger partial charge < -0.3 is 14.2 Å². The Morgan fingerprint density at radius 1 is 0.795 bits per heavy atom. The Labute approximate surface area is 236 Å². The van der Waals surface area contributed by atoms with Crippen molar-refractivity contribution >= 4 is 11.9 Å². The summed E-state index contributed by atoms with van der Waals surface area (Å²) in [7, 11) is 0. The molecule has 0 N–H and O–H groups in total. The molecule has 39 heavy (non-hydrogen) atoms. The van der Waals surface area contributed by atoms with E-state index in [0.29, 0.717) is 24.4 Å². The lowest BCUT2D eigenvalue weighted by atomic mass is 9.32. The van der Waals surface area contributed by atoms with Crippen LogP contribution in [0.3, 0.4) is 0 Å².